The summed E-state index contributed by atoms with van der Waals surface area (Å²) in [5, 5.41) is 11.9. The highest BCUT2D eigenvalue weighted by atomic mass is 19.4. The maximum atomic E-state index is 12.6. The van der Waals surface area contributed by atoms with E-state index in [0.29, 0.717) is 17.6 Å². The van der Waals surface area contributed by atoms with Gasteiger partial charge in [0.2, 0.25) is 0 Å². The zero-order valence-corrected chi connectivity index (χ0v) is 9.88. The van der Waals surface area contributed by atoms with E-state index in [9.17, 15) is 13.2 Å². The molecule has 0 unspecified atom stereocenters. The third kappa shape index (κ3) is 2.58. The molecule has 0 aromatic heterocycles. The van der Waals surface area contributed by atoms with E-state index < -0.39 is 11.7 Å². The summed E-state index contributed by atoms with van der Waals surface area (Å²) < 4.78 is 37.8. The van der Waals surface area contributed by atoms with Crippen LogP contribution < -0.4 is 5.32 Å². The van der Waals surface area contributed by atoms with Crippen molar-refractivity contribution in [1.82, 2.24) is 0 Å². The number of halogens is 3. The summed E-state index contributed by atoms with van der Waals surface area (Å²) in [5.41, 5.74) is -0.631. The predicted octanol–water partition coefficient (Wildman–Crippen LogP) is 3.79. The lowest BCUT2D eigenvalue weighted by atomic mass is 9.82. The summed E-state index contributed by atoms with van der Waals surface area (Å²) in [6.45, 7) is 2.13. The molecule has 1 N–H and O–H groups in total. The summed E-state index contributed by atoms with van der Waals surface area (Å²) in [4.78, 5) is 0. The maximum absolute atomic E-state index is 12.6. The molecule has 0 aliphatic heterocycles. The van der Waals surface area contributed by atoms with Crippen molar-refractivity contribution < 1.29 is 13.2 Å². The molecule has 2 nitrogen and oxygen atoms in total. The van der Waals surface area contributed by atoms with E-state index in [1.807, 2.05) is 0 Å². The molecule has 0 radical (unpaired) electrons. The number of rotatable bonds is 2. The van der Waals surface area contributed by atoms with Gasteiger partial charge in [0.05, 0.1) is 17.2 Å². The Labute approximate surface area is 103 Å². The fourth-order valence-corrected chi connectivity index (χ4v) is 2.23. The molecule has 0 bridgehead atoms. The zero-order valence-electron chi connectivity index (χ0n) is 9.88. The third-order valence-electron chi connectivity index (χ3n) is 3.19. The second kappa shape index (κ2) is 4.52. The molecular formula is C13H13F3N2. The van der Waals surface area contributed by atoms with Gasteiger partial charge in [-0.3, -0.25) is 0 Å². The minimum absolute atomic E-state index is 0.309. The van der Waals surface area contributed by atoms with Gasteiger partial charge < -0.3 is 5.32 Å². The highest BCUT2D eigenvalue weighted by Crippen LogP contribution is 2.34. The van der Waals surface area contributed by atoms with Crippen molar-refractivity contribution in [3.8, 4) is 6.07 Å². The Morgan fingerprint density at radius 1 is 1.33 bits per heavy atom. The maximum Gasteiger partial charge on any atom is 0.417 e. The summed E-state index contributed by atoms with van der Waals surface area (Å²) >= 11 is 0. The number of alkyl halides is 3. The van der Waals surface area contributed by atoms with Crippen LogP contribution in [0.1, 0.15) is 30.9 Å². The molecule has 1 aliphatic rings. The van der Waals surface area contributed by atoms with Crippen LogP contribution in [-0.2, 0) is 6.18 Å². The van der Waals surface area contributed by atoms with Gasteiger partial charge in [0, 0.05) is 11.7 Å². The van der Waals surface area contributed by atoms with Crippen molar-refractivity contribution in [1.29, 1.82) is 5.26 Å². The third-order valence-corrected chi connectivity index (χ3v) is 3.19. The first kappa shape index (κ1) is 12.7. The molecule has 0 amide bonds. The second-order valence-electron chi connectivity index (χ2n) is 4.79. The van der Waals surface area contributed by atoms with E-state index in [4.69, 9.17) is 5.26 Å². The van der Waals surface area contributed by atoms with Crippen LogP contribution in [-0.4, -0.2) is 6.04 Å². The normalized spacial score (nSPS) is 23.1. The van der Waals surface area contributed by atoms with Gasteiger partial charge >= 0.3 is 6.18 Å². The molecule has 0 spiro atoms. The van der Waals surface area contributed by atoms with E-state index in [1.165, 1.54) is 12.1 Å². The van der Waals surface area contributed by atoms with E-state index in [0.717, 1.165) is 18.9 Å². The van der Waals surface area contributed by atoms with Gasteiger partial charge in [-0.2, -0.15) is 18.4 Å². The second-order valence-corrected chi connectivity index (χ2v) is 4.79. The van der Waals surface area contributed by atoms with Crippen molar-refractivity contribution in [2.24, 2.45) is 5.92 Å². The van der Waals surface area contributed by atoms with Crippen molar-refractivity contribution in [3.05, 3.63) is 29.3 Å². The van der Waals surface area contributed by atoms with E-state index in [1.54, 1.807) is 6.07 Å². The monoisotopic (exact) mass is 254 g/mol. The molecule has 0 atom stereocenters. The average Bonchev–Trinajstić information content (AvgIpc) is 2.25. The van der Waals surface area contributed by atoms with Crippen LogP contribution in [0.2, 0.25) is 0 Å². The fraction of sp³-hybridized carbons (Fsp3) is 0.462. The van der Waals surface area contributed by atoms with Crippen LogP contribution in [0.25, 0.3) is 0 Å². The van der Waals surface area contributed by atoms with Gasteiger partial charge in [-0.1, -0.05) is 6.92 Å². The predicted molar refractivity (Wildman–Crippen MR) is 62.0 cm³/mol. The Kier molecular flexibility index (Phi) is 3.20. The lowest BCUT2D eigenvalue weighted by Gasteiger charge is -2.34. The quantitative estimate of drug-likeness (QED) is 0.871. The Bertz CT molecular complexity index is 482. The number of nitriles is 1. The molecule has 0 heterocycles. The van der Waals surface area contributed by atoms with E-state index in [-0.39, 0.29) is 5.56 Å². The van der Waals surface area contributed by atoms with Gasteiger partial charge in [-0.25, -0.2) is 0 Å². The Balaban J connectivity index is 2.18. The number of nitrogens with zero attached hydrogens (tertiary/aromatic N) is 1. The molecule has 2 rings (SSSR count). The topological polar surface area (TPSA) is 35.8 Å². The molecule has 18 heavy (non-hydrogen) atoms. The van der Waals surface area contributed by atoms with Crippen LogP contribution in [0.15, 0.2) is 18.2 Å². The molecule has 1 saturated carbocycles. The van der Waals surface area contributed by atoms with Crippen molar-refractivity contribution in [2.75, 3.05) is 5.32 Å². The summed E-state index contributed by atoms with van der Waals surface area (Å²) in [6.07, 6.45) is -2.44. The molecule has 1 aromatic carbocycles. The molecule has 1 aliphatic carbocycles. The fourth-order valence-electron chi connectivity index (χ4n) is 2.23. The van der Waals surface area contributed by atoms with Crippen molar-refractivity contribution >= 4 is 5.69 Å². The van der Waals surface area contributed by atoms with Crippen LogP contribution in [0.3, 0.4) is 0 Å². The van der Waals surface area contributed by atoms with Gasteiger partial charge in [0.25, 0.3) is 0 Å². The van der Waals surface area contributed by atoms with Gasteiger partial charge in [0.15, 0.2) is 0 Å². The van der Waals surface area contributed by atoms with E-state index >= 15 is 0 Å². The first-order valence-electron chi connectivity index (χ1n) is 5.78. The first-order chi connectivity index (χ1) is 8.40. The van der Waals surface area contributed by atoms with Gasteiger partial charge in [-0.05, 0) is 37.0 Å². The SMILES string of the molecule is CC1CC(Nc2ccc(C(F)(F)F)c(C#N)c2)C1. The smallest absolute Gasteiger partial charge is 0.382 e. The lowest BCUT2D eigenvalue weighted by molar-refractivity contribution is -0.137. The minimum atomic E-state index is -4.48. The number of hydrogen-bond acceptors (Lipinski definition) is 2. The molecule has 0 saturated heterocycles. The zero-order chi connectivity index (χ0) is 13.3. The summed E-state index contributed by atoms with van der Waals surface area (Å²) in [6, 6.07) is 5.52. The average molecular weight is 254 g/mol. The molecular weight excluding hydrogens is 241 g/mol. The Morgan fingerprint density at radius 3 is 2.50 bits per heavy atom. The Morgan fingerprint density at radius 2 is 2.00 bits per heavy atom. The van der Waals surface area contributed by atoms with Crippen molar-refractivity contribution in [2.45, 2.75) is 32.0 Å². The van der Waals surface area contributed by atoms with Crippen LogP contribution in [0.4, 0.5) is 18.9 Å². The number of benzene rings is 1. The number of hydrogen-bond donors (Lipinski definition) is 1. The van der Waals surface area contributed by atoms with Gasteiger partial charge in [0.1, 0.15) is 0 Å². The lowest BCUT2D eigenvalue weighted by Crippen LogP contribution is -2.33. The van der Waals surface area contributed by atoms with E-state index in [2.05, 4.69) is 12.2 Å². The number of nitrogens with one attached hydrogen (secondary N) is 1. The largest absolute Gasteiger partial charge is 0.417 e. The van der Waals surface area contributed by atoms with Crippen LogP contribution >= 0.6 is 0 Å². The molecule has 96 valence electrons. The van der Waals surface area contributed by atoms with Crippen LogP contribution in [0.5, 0.6) is 0 Å². The highest BCUT2D eigenvalue weighted by molar-refractivity contribution is 5.54. The summed E-state index contributed by atoms with van der Waals surface area (Å²) in [7, 11) is 0. The van der Waals surface area contributed by atoms with Crippen molar-refractivity contribution in [3.63, 3.8) is 0 Å². The standard InChI is InChI=1S/C13H13F3N2/c1-8-4-11(5-8)18-10-2-3-12(13(14,15)16)9(6-10)7-17/h2-3,6,8,11,18H,4-5H2,1H3. The highest BCUT2D eigenvalue weighted by Gasteiger charge is 2.33. The first-order valence-corrected chi connectivity index (χ1v) is 5.78. The Hall–Kier alpha value is -1.70. The van der Waals surface area contributed by atoms with Crippen LogP contribution in [0, 0.1) is 17.2 Å². The van der Waals surface area contributed by atoms with Gasteiger partial charge in [-0.15, -0.1) is 0 Å². The molecule has 5 heteroatoms. The summed E-state index contributed by atoms with van der Waals surface area (Å²) in [5.74, 6) is 0.660. The molecule has 1 fully saturated rings. The minimum Gasteiger partial charge on any atom is -0.382 e. The molecule has 1 aromatic rings. The number of anilines is 1.